The lowest BCUT2D eigenvalue weighted by atomic mass is 9.71. The van der Waals surface area contributed by atoms with Crippen LogP contribution >= 0.6 is 11.6 Å². The summed E-state index contributed by atoms with van der Waals surface area (Å²) in [4.78, 5) is 8.19. The number of aromatic nitrogens is 2. The van der Waals surface area contributed by atoms with Crippen molar-refractivity contribution in [2.45, 2.75) is 196 Å². The van der Waals surface area contributed by atoms with E-state index in [-0.39, 0.29) is 28.5 Å². The van der Waals surface area contributed by atoms with Gasteiger partial charge in [-0.1, -0.05) is 171 Å². The smallest absolute Gasteiger partial charge is 0.239 e. The Hall–Kier alpha value is -1.62. The minimum absolute atomic E-state index is 0.00694. The summed E-state index contributed by atoms with van der Waals surface area (Å²) in [6, 6.07) is 6.99. The second kappa shape index (κ2) is 22.1. The van der Waals surface area contributed by atoms with Crippen LogP contribution in [0.4, 0.5) is 13.2 Å². The number of pyridine rings is 2. The first-order valence-corrected chi connectivity index (χ1v) is 19.6. The molecule has 0 spiro atoms. The monoisotopic (exact) mass is 757 g/mol. The summed E-state index contributed by atoms with van der Waals surface area (Å²) < 4.78 is 35.5. The van der Waals surface area contributed by atoms with Crippen LogP contribution in [0.3, 0.4) is 0 Å². The van der Waals surface area contributed by atoms with Gasteiger partial charge >= 0.3 is 0 Å². The van der Waals surface area contributed by atoms with Crippen LogP contribution in [-0.2, 0) is 10.8 Å². The van der Waals surface area contributed by atoms with E-state index in [0.29, 0.717) is 26.7 Å². The minimum atomic E-state index is -2.16. The third-order valence-corrected chi connectivity index (χ3v) is 9.77. The normalized spacial score (nSPS) is 13.9. The van der Waals surface area contributed by atoms with E-state index >= 15 is 0 Å². The molecule has 2 nitrogen and oxygen atoms in total. The highest BCUT2D eigenvalue weighted by Gasteiger charge is 2.33. The zero-order valence-corrected chi connectivity index (χ0v) is 39.0. The van der Waals surface area contributed by atoms with Crippen molar-refractivity contribution in [3.8, 4) is 0 Å². The van der Waals surface area contributed by atoms with Gasteiger partial charge in [0.15, 0.2) is 0 Å². The van der Waals surface area contributed by atoms with E-state index < -0.39 is 6.43 Å². The number of alkyl halides is 2. The van der Waals surface area contributed by atoms with Gasteiger partial charge in [0.05, 0.1) is 11.2 Å². The van der Waals surface area contributed by atoms with Crippen LogP contribution in [0.1, 0.15) is 190 Å². The Morgan fingerprint density at radius 3 is 1.10 bits per heavy atom. The summed E-state index contributed by atoms with van der Waals surface area (Å²) in [7, 11) is 0. The highest BCUT2D eigenvalue weighted by molar-refractivity contribution is 6.30. The molecule has 2 aromatic rings. The third kappa shape index (κ3) is 30.8. The molecule has 0 aliphatic heterocycles. The molecule has 0 N–H and O–H groups in total. The molecule has 1 fully saturated rings. The van der Waals surface area contributed by atoms with E-state index in [9.17, 15) is 13.2 Å². The maximum Gasteiger partial charge on any atom is 0.239 e. The van der Waals surface area contributed by atoms with E-state index in [1.165, 1.54) is 25.1 Å². The van der Waals surface area contributed by atoms with E-state index in [1.807, 2.05) is 32.9 Å². The number of nitrogens with zero attached hydrogens (tertiary/aromatic N) is 2. The van der Waals surface area contributed by atoms with Crippen molar-refractivity contribution < 1.29 is 13.2 Å². The van der Waals surface area contributed by atoms with E-state index in [1.54, 1.807) is 33.0 Å². The molecular formula is C46H84ClF3N2. The largest absolute Gasteiger partial charge is 0.259 e. The average molecular weight is 758 g/mol. The van der Waals surface area contributed by atoms with Crippen LogP contribution in [0.5, 0.6) is 0 Å². The third-order valence-electron chi connectivity index (χ3n) is 9.54. The molecule has 1 saturated carbocycles. The number of hydrogen-bond acceptors (Lipinski definition) is 2. The fourth-order valence-electron chi connectivity index (χ4n) is 3.05. The van der Waals surface area contributed by atoms with Gasteiger partial charge in [0, 0.05) is 34.8 Å². The summed E-state index contributed by atoms with van der Waals surface area (Å²) in [5, 5.41) is 0.693. The summed E-state index contributed by atoms with van der Waals surface area (Å²) in [6.07, 6.45) is 3.72. The van der Waals surface area contributed by atoms with Crippen molar-refractivity contribution in [3.05, 3.63) is 58.9 Å². The van der Waals surface area contributed by atoms with Gasteiger partial charge in [-0.15, -0.1) is 0 Å². The molecule has 0 unspecified atom stereocenters. The Morgan fingerprint density at radius 2 is 0.962 bits per heavy atom. The van der Waals surface area contributed by atoms with Gasteiger partial charge in [0.25, 0.3) is 0 Å². The number of halogens is 4. The predicted octanol–water partition coefficient (Wildman–Crippen LogP) is 16.4. The molecular weight excluding hydrogens is 673 g/mol. The first kappa shape index (κ1) is 54.7. The number of rotatable bonds is 1. The van der Waals surface area contributed by atoms with Crippen molar-refractivity contribution in [2.75, 3.05) is 0 Å². The Morgan fingerprint density at radius 1 is 0.615 bits per heavy atom. The fraction of sp³-hybridized carbons (Fsp3) is 0.783. The lowest BCUT2D eigenvalue weighted by Crippen LogP contribution is -2.25. The first-order valence-electron chi connectivity index (χ1n) is 19.2. The maximum absolute atomic E-state index is 12.4. The van der Waals surface area contributed by atoms with Crippen LogP contribution in [0.15, 0.2) is 36.7 Å². The Bertz CT molecular complexity index is 1100. The SMILES string of the molecule is CC(C)(C)C(C)(C)C.CC(C)(C)C1CC1.CC(C)(C)CC(F)F.CC(C)(C)c1ccc(Cl)cn1.CC(C)(C)c1ccc(F)cn1.CC(C)C(C)(C)C. The van der Waals surface area contributed by atoms with Gasteiger partial charge in [-0.2, -0.15) is 0 Å². The fourth-order valence-corrected chi connectivity index (χ4v) is 3.16. The molecule has 1 aliphatic carbocycles. The van der Waals surface area contributed by atoms with Crippen molar-refractivity contribution in [2.24, 2.45) is 38.9 Å². The quantitative estimate of drug-likeness (QED) is 0.290. The van der Waals surface area contributed by atoms with Crippen LogP contribution < -0.4 is 0 Å². The molecule has 0 amide bonds. The van der Waals surface area contributed by atoms with Crippen molar-refractivity contribution in [1.82, 2.24) is 9.97 Å². The standard InChI is InChI=1S/C9H12ClN.C9H12FN.C8H18.C7H14.C7H16.C6H12F2/c2*1-9(2,3)8-5-4-7(10)6-11-8;1-7(2,3)8(4,5)6;1-7(2,3)6-4-5-6;1-6(2)7(3,4)5;1-6(2,3)4-5(7)8/h2*4-6H,1-3H3;1-6H3;6H,4-5H2,1-3H3;6H,1-5H3;5H,4H2,1-3H3. The molecule has 0 atom stereocenters. The van der Waals surface area contributed by atoms with Crippen molar-refractivity contribution >= 4 is 11.6 Å². The summed E-state index contributed by atoms with van der Waals surface area (Å²) in [5.74, 6) is 1.57. The second-order valence-electron chi connectivity index (χ2n) is 22.0. The van der Waals surface area contributed by atoms with Crippen LogP contribution in [-0.4, -0.2) is 16.4 Å². The lowest BCUT2D eigenvalue weighted by Gasteiger charge is -2.34. The first-order chi connectivity index (χ1) is 22.7. The summed E-state index contributed by atoms with van der Waals surface area (Å²) in [5.41, 5.74) is 3.87. The molecule has 0 radical (unpaired) electrons. The zero-order chi connectivity index (χ0) is 42.3. The van der Waals surface area contributed by atoms with E-state index in [0.717, 1.165) is 23.2 Å². The minimum Gasteiger partial charge on any atom is -0.259 e. The molecule has 0 aromatic carbocycles. The molecule has 0 saturated heterocycles. The molecule has 1 aliphatic rings. The molecule has 0 bridgehead atoms. The molecule has 2 aromatic heterocycles. The molecule has 2 heterocycles. The van der Waals surface area contributed by atoms with Crippen LogP contribution in [0.2, 0.25) is 5.02 Å². The van der Waals surface area contributed by atoms with Gasteiger partial charge < -0.3 is 0 Å². The molecule has 52 heavy (non-hydrogen) atoms. The molecule has 3 rings (SSSR count). The second-order valence-corrected chi connectivity index (χ2v) is 22.5. The molecule has 6 heteroatoms. The highest BCUT2D eigenvalue weighted by Crippen LogP contribution is 2.44. The van der Waals surface area contributed by atoms with Gasteiger partial charge in [-0.25, -0.2) is 13.2 Å². The molecule has 306 valence electrons. The summed E-state index contributed by atoms with van der Waals surface area (Å²) >= 11 is 5.70. The average Bonchev–Trinajstić information content (AvgIpc) is 3.73. The van der Waals surface area contributed by atoms with Crippen LogP contribution in [0.25, 0.3) is 0 Å². The van der Waals surface area contributed by atoms with Gasteiger partial charge in [-0.3, -0.25) is 9.97 Å². The van der Waals surface area contributed by atoms with Crippen LogP contribution in [0, 0.1) is 44.7 Å². The Labute approximate surface area is 327 Å². The lowest BCUT2D eigenvalue weighted by molar-refractivity contribution is 0.0944. The number of hydrogen-bond donors (Lipinski definition) is 0. The Kier molecular flexibility index (Phi) is 23.2. The maximum atomic E-state index is 12.4. The highest BCUT2D eigenvalue weighted by atomic mass is 35.5. The Balaban J connectivity index is -0.000000560. The zero-order valence-electron chi connectivity index (χ0n) is 38.2. The van der Waals surface area contributed by atoms with Gasteiger partial charge in [-0.05, 0) is 76.0 Å². The van der Waals surface area contributed by atoms with Gasteiger partial charge in [0.2, 0.25) is 6.43 Å². The summed E-state index contributed by atoms with van der Waals surface area (Å²) in [6.45, 7) is 49.8. The van der Waals surface area contributed by atoms with Crippen molar-refractivity contribution in [1.29, 1.82) is 0 Å². The van der Waals surface area contributed by atoms with E-state index in [2.05, 4.69) is 128 Å². The van der Waals surface area contributed by atoms with Gasteiger partial charge in [0.1, 0.15) is 5.82 Å². The van der Waals surface area contributed by atoms with Crippen molar-refractivity contribution in [3.63, 3.8) is 0 Å². The van der Waals surface area contributed by atoms with E-state index in [4.69, 9.17) is 11.6 Å². The topological polar surface area (TPSA) is 25.8 Å². The predicted molar refractivity (Wildman–Crippen MR) is 226 cm³/mol.